The molecule has 2 aromatic heterocycles. The number of amides is 1. The Bertz CT molecular complexity index is 1040. The van der Waals surface area contributed by atoms with Crippen molar-refractivity contribution in [3.8, 4) is 10.7 Å². The first-order valence-corrected chi connectivity index (χ1v) is 9.09. The number of carbonyl (C=O) groups is 1. The van der Waals surface area contributed by atoms with E-state index in [2.05, 4.69) is 10.3 Å². The second-order valence-electron chi connectivity index (χ2n) is 5.89. The first kappa shape index (κ1) is 16.5. The Morgan fingerprint density at radius 2 is 1.88 bits per heavy atom. The van der Waals surface area contributed by atoms with Gasteiger partial charge in [0, 0.05) is 6.54 Å². The Hall–Kier alpha value is -2.99. The van der Waals surface area contributed by atoms with Crippen LogP contribution in [0.15, 0.2) is 66.0 Å². The number of halogens is 1. The van der Waals surface area contributed by atoms with Crippen molar-refractivity contribution in [1.29, 1.82) is 0 Å². The fourth-order valence-electron chi connectivity index (χ4n) is 2.83. The number of thiophene rings is 1. The molecule has 2 heterocycles. The monoisotopic (exact) mass is 365 g/mol. The highest BCUT2D eigenvalue weighted by Gasteiger charge is 2.15. The molecule has 0 aliphatic heterocycles. The van der Waals surface area contributed by atoms with Crippen LogP contribution in [0.1, 0.15) is 5.56 Å². The number of fused-ring (bicyclic) bond motifs is 1. The van der Waals surface area contributed by atoms with E-state index in [0.717, 1.165) is 27.3 Å². The predicted molar refractivity (Wildman–Crippen MR) is 101 cm³/mol. The van der Waals surface area contributed by atoms with Crippen molar-refractivity contribution in [2.24, 2.45) is 0 Å². The second-order valence-corrected chi connectivity index (χ2v) is 6.84. The molecule has 0 bridgehead atoms. The molecule has 4 aromatic rings. The van der Waals surface area contributed by atoms with Gasteiger partial charge in [0.15, 0.2) is 5.82 Å². The Morgan fingerprint density at radius 1 is 1.08 bits per heavy atom. The van der Waals surface area contributed by atoms with Gasteiger partial charge in [-0.25, -0.2) is 9.37 Å². The van der Waals surface area contributed by atoms with E-state index in [1.807, 2.05) is 46.3 Å². The van der Waals surface area contributed by atoms with Crippen molar-refractivity contribution in [3.63, 3.8) is 0 Å². The molecule has 0 fully saturated rings. The molecular formula is C20H16FN3OS. The Morgan fingerprint density at radius 3 is 2.65 bits per heavy atom. The number of benzene rings is 2. The van der Waals surface area contributed by atoms with Gasteiger partial charge >= 0.3 is 0 Å². The van der Waals surface area contributed by atoms with E-state index in [9.17, 15) is 9.18 Å². The summed E-state index contributed by atoms with van der Waals surface area (Å²) in [5, 5.41) is 4.88. The number of imidazole rings is 1. The van der Waals surface area contributed by atoms with Crippen molar-refractivity contribution >= 4 is 28.3 Å². The van der Waals surface area contributed by atoms with E-state index >= 15 is 0 Å². The lowest BCUT2D eigenvalue weighted by Crippen LogP contribution is -2.27. The molecule has 0 atom stereocenters. The molecule has 130 valence electrons. The summed E-state index contributed by atoms with van der Waals surface area (Å²) in [6.45, 7) is 0.537. The quantitative estimate of drug-likeness (QED) is 0.576. The highest BCUT2D eigenvalue weighted by atomic mass is 32.1. The zero-order chi connectivity index (χ0) is 17.9. The van der Waals surface area contributed by atoms with Crippen molar-refractivity contribution in [2.45, 2.75) is 13.1 Å². The highest BCUT2D eigenvalue weighted by Crippen LogP contribution is 2.28. The van der Waals surface area contributed by atoms with Crippen LogP contribution in [0.3, 0.4) is 0 Å². The largest absolute Gasteiger partial charge is 0.350 e. The molecule has 1 N–H and O–H groups in total. The van der Waals surface area contributed by atoms with Gasteiger partial charge in [-0.3, -0.25) is 4.79 Å². The number of hydrogen-bond acceptors (Lipinski definition) is 3. The summed E-state index contributed by atoms with van der Waals surface area (Å²) in [4.78, 5) is 18.2. The molecule has 6 heteroatoms. The fraction of sp³-hybridized carbons (Fsp3) is 0.100. The molecule has 0 spiro atoms. The van der Waals surface area contributed by atoms with Crippen molar-refractivity contribution in [1.82, 2.24) is 14.9 Å². The maximum atomic E-state index is 13.0. The standard InChI is InChI=1S/C20H16FN3OS/c21-15-9-7-14(8-10-15)12-22-19(25)13-24-17-5-2-1-4-16(17)23-20(24)18-6-3-11-26-18/h1-11H,12-13H2,(H,22,25). The van der Waals surface area contributed by atoms with Crippen LogP contribution in [0.4, 0.5) is 4.39 Å². The molecule has 4 nitrogen and oxygen atoms in total. The number of nitrogens with one attached hydrogen (secondary N) is 1. The van der Waals surface area contributed by atoms with Crippen molar-refractivity contribution in [2.75, 3.05) is 0 Å². The Balaban J connectivity index is 1.57. The Kier molecular flexibility index (Phi) is 4.50. The summed E-state index contributed by atoms with van der Waals surface area (Å²) in [6, 6.07) is 17.9. The molecule has 0 radical (unpaired) electrons. The second kappa shape index (κ2) is 7.09. The van der Waals surface area contributed by atoms with Gasteiger partial charge in [0.2, 0.25) is 5.91 Å². The molecular weight excluding hydrogens is 349 g/mol. The zero-order valence-corrected chi connectivity index (χ0v) is 14.7. The number of carbonyl (C=O) groups excluding carboxylic acids is 1. The first-order chi connectivity index (χ1) is 12.7. The third-order valence-electron chi connectivity index (χ3n) is 4.10. The summed E-state index contributed by atoms with van der Waals surface area (Å²) in [5.41, 5.74) is 2.64. The van der Waals surface area contributed by atoms with Gasteiger partial charge in [0.1, 0.15) is 12.4 Å². The molecule has 0 aliphatic carbocycles. The zero-order valence-electron chi connectivity index (χ0n) is 13.9. The van der Waals surface area contributed by atoms with Crippen LogP contribution in [0.5, 0.6) is 0 Å². The van der Waals surface area contributed by atoms with E-state index in [4.69, 9.17) is 0 Å². The van der Waals surface area contributed by atoms with Crippen LogP contribution in [0.2, 0.25) is 0 Å². The van der Waals surface area contributed by atoms with Gasteiger partial charge in [-0.15, -0.1) is 11.3 Å². The third-order valence-corrected chi connectivity index (χ3v) is 4.97. The molecule has 0 saturated carbocycles. The number of aromatic nitrogens is 2. The number of hydrogen-bond donors (Lipinski definition) is 1. The van der Waals surface area contributed by atoms with Crippen LogP contribution in [-0.4, -0.2) is 15.5 Å². The smallest absolute Gasteiger partial charge is 0.240 e. The van der Waals surface area contributed by atoms with Crippen LogP contribution < -0.4 is 5.32 Å². The normalized spacial score (nSPS) is 11.0. The molecule has 1 amide bonds. The molecule has 4 rings (SSSR count). The molecule has 0 aliphatic rings. The fourth-order valence-corrected chi connectivity index (χ4v) is 3.55. The van der Waals surface area contributed by atoms with Gasteiger partial charge < -0.3 is 9.88 Å². The van der Waals surface area contributed by atoms with E-state index in [1.165, 1.54) is 12.1 Å². The lowest BCUT2D eigenvalue weighted by atomic mass is 10.2. The van der Waals surface area contributed by atoms with Crippen molar-refractivity contribution in [3.05, 3.63) is 77.4 Å². The minimum atomic E-state index is -0.287. The van der Waals surface area contributed by atoms with E-state index in [0.29, 0.717) is 6.54 Å². The molecule has 26 heavy (non-hydrogen) atoms. The van der Waals surface area contributed by atoms with E-state index < -0.39 is 0 Å². The topological polar surface area (TPSA) is 46.9 Å². The van der Waals surface area contributed by atoms with Gasteiger partial charge in [0.05, 0.1) is 15.9 Å². The van der Waals surface area contributed by atoms with Crippen molar-refractivity contribution < 1.29 is 9.18 Å². The first-order valence-electron chi connectivity index (χ1n) is 8.21. The van der Waals surface area contributed by atoms with Gasteiger partial charge in [-0.2, -0.15) is 0 Å². The predicted octanol–water partition coefficient (Wildman–Crippen LogP) is 4.22. The van der Waals surface area contributed by atoms with Crippen LogP contribution >= 0.6 is 11.3 Å². The van der Waals surface area contributed by atoms with Gasteiger partial charge in [-0.1, -0.05) is 30.3 Å². The number of para-hydroxylation sites is 2. The third kappa shape index (κ3) is 3.36. The molecule has 0 unspecified atom stereocenters. The summed E-state index contributed by atoms with van der Waals surface area (Å²) in [5.74, 6) is 0.388. The SMILES string of the molecule is O=C(Cn1c(-c2cccs2)nc2ccccc21)NCc1ccc(F)cc1. The van der Waals surface area contributed by atoms with Crippen LogP contribution in [-0.2, 0) is 17.9 Å². The summed E-state index contributed by atoms with van der Waals surface area (Å²) >= 11 is 1.59. The number of rotatable bonds is 5. The van der Waals surface area contributed by atoms with Crippen LogP contribution in [0.25, 0.3) is 21.7 Å². The number of nitrogens with zero attached hydrogens (tertiary/aromatic N) is 2. The minimum Gasteiger partial charge on any atom is -0.350 e. The lowest BCUT2D eigenvalue weighted by molar-refractivity contribution is -0.121. The maximum absolute atomic E-state index is 13.0. The van der Waals surface area contributed by atoms with Crippen LogP contribution in [0, 0.1) is 5.82 Å². The Labute approximate surface area is 153 Å². The average Bonchev–Trinajstić information content (AvgIpc) is 3.30. The molecule has 2 aromatic carbocycles. The minimum absolute atomic E-state index is 0.115. The molecule has 0 saturated heterocycles. The van der Waals surface area contributed by atoms with Gasteiger partial charge in [0.25, 0.3) is 0 Å². The van der Waals surface area contributed by atoms with E-state index in [-0.39, 0.29) is 18.3 Å². The lowest BCUT2D eigenvalue weighted by Gasteiger charge is -2.09. The van der Waals surface area contributed by atoms with Gasteiger partial charge in [-0.05, 0) is 41.3 Å². The maximum Gasteiger partial charge on any atom is 0.240 e. The van der Waals surface area contributed by atoms with E-state index in [1.54, 1.807) is 23.5 Å². The summed E-state index contributed by atoms with van der Waals surface area (Å²) in [6.07, 6.45) is 0. The highest BCUT2D eigenvalue weighted by molar-refractivity contribution is 7.13. The summed E-state index contributed by atoms with van der Waals surface area (Å²) in [7, 11) is 0. The summed E-state index contributed by atoms with van der Waals surface area (Å²) < 4.78 is 14.9. The average molecular weight is 365 g/mol.